The monoisotopic (exact) mass is 352 g/mol. The molecule has 7 nitrogen and oxygen atoms in total. The maximum Gasteiger partial charge on any atom is 0.333 e. The molecule has 1 saturated heterocycles. The topological polar surface area (TPSA) is 72.5 Å². The van der Waals surface area contributed by atoms with Crippen LogP contribution in [0.2, 0.25) is 0 Å². The minimum Gasteiger partial charge on any atom is -0.496 e. The lowest BCUT2D eigenvalue weighted by molar-refractivity contribution is -0.258. The molecule has 0 aliphatic carbocycles. The third-order valence-corrected chi connectivity index (χ3v) is 3.76. The smallest absolute Gasteiger partial charge is 0.333 e. The van der Waals surface area contributed by atoms with Gasteiger partial charge in [0.1, 0.15) is 17.2 Å². The van der Waals surface area contributed by atoms with Crippen molar-refractivity contribution in [3.63, 3.8) is 0 Å². The van der Waals surface area contributed by atoms with Crippen LogP contribution in [-0.2, 0) is 19.0 Å². The predicted octanol–water partition coefficient (Wildman–Crippen LogP) is 2.64. The van der Waals surface area contributed by atoms with Crippen LogP contribution in [0.25, 0.3) is 0 Å². The molecule has 1 fully saturated rings. The van der Waals surface area contributed by atoms with Crippen LogP contribution in [0.4, 0.5) is 0 Å². The molecule has 2 rings (SSSR count). The summed E-state index contributed by atoms with van der Waals surface area (Å²) in [5, 5.41) is 0. The van der Waals surface area contributed by atoms with E-state index >= 15 is 0 Å². The molecule has 0 bridgehead atoms. The molecule has 1 aliphatic heterocycles. The molecule has 0 aromatic heterocycles. The van der Waals surface area contributed by atoms with Gasteiger partial charge >= 0.3 is 5.97 Å². The normalized spacial score (nSPS) is 22.8. The summed E-state index contributed by atoms with van der Waals surface area (Å²) >= 11 is 0. The van der Waals surface area contributed by atoms with Gasteiger partial charge in [-0.15, -0.1) is 0 Å². The fourth-order valence-corrected chi connectivity index (χ4v) is 2.40. The molecule has 1 aromatic carbocycles. The van der Waals surface area contributed by atoms with Gasteiger partial charge in [-0.3, -0.25) is 0 Å². The Morgan fingerprint density at radius 2 is 1.64 bits per heavy atom. The first kappa shape index (κ1) is 19.1. The molecule has 1 heterocycles. The van der Waals surface area contributed by atoms with Crippen LogP contribution >= 0.6 is 0 Å². The number of carbonyl (C=O) groups is 1. The van der Waals surface area contributed by atoms with Crippen molar-refractivity contribution >= 4 is 5.97 Å². The van der Waals surface area contributed by atoms with Crippen molar-refractivity contribution in [2.24, 2.45) is 0 Å². The molecule has 0 amide bonds. The first-order valence-electron chi connectivity index (χ1n) is 7.75. The van der Waals surface area contributed by atoms with E-state index in [2.05, 4.69) is 6.58 Å². The van der Waals surface area contributed by atoms with Crippen LogP contribution in [0.15, 0.2) is 24.3 Å². The van der Waals surface area contributed by atoms with E-state index in [1.807, 2.05) is 0 Å². The maximum atomic E-state index is 11.8. The summed E-state index contributed by atoms with van der Waals surface area (Å²) in [7, 11) is 4.64. The molecule has 0 N–H and O–H groups in total. The second kappa shape index (κ2) is 7.76. The minimum atomic E-state index is -0.889. The van der Waals surface area contributed by atoms with Crippen molar-refractivity contribution in [1.82, 2.24) is 0 Å². The van der Waals surface area contributed by atoms with Crippen molar-refractivity contribution in [3.8, 4) is 17.2 Å². The molecule has 25 heavy (non-hydrogen) atoms. The molecule has 0 radical (unpaired) electrons. The fraction of sp³-hybridized carbons (Fsp3) is 0.500. The number of carbonyl (C=O) groups excluding carboxylic acids is 1. The molecular formula is C18H24O7. The van der Waals surface area contributed by atoms with Gasteiger partial charge in [-0.25, -0.2) is 4.79 Å². The van der Waals surface area contributed by atoms with Crippen LogP contribution in [-0.4, -0.2) is 46.1 Å². The lowest BCUT2D eigenvalue weighted by atomic mass is 10.1. The Morgan fingerprint density at radius 1 is 1.12 bits per heavy atom. The Kier molecular flexibility index (Phi) is 5.92. The van der Waals surface area contributed by atoms with Gasteiger partial charge in [0.25, 0.3) is 0 Å². The van der Waals surface area contributed by atoms with Crippen molar-refractivity contribution in [2.75, 3.05) is 34.5 Å². The number of rotatable bonds is 6. The largest absolute Gasteiger partial charge is 0.496 e. The maximum absolute atomic E-state index is 11.8. The molecular weight excluding hydrogens is 328 g/mol. The number of hydrogen-bond donors (Lipinski definition) is 0. The van der Waals surface area contributed by atoms with Gasteiger partial charge in [-0.1, -0.05) is 6.58 Å². The van der Waals surface area contributed by atoms with Crippen LogP contribution in [0.5, 0.6) is 17.2 Å². The van der Waals surface area contributed by atoms with Crippen molar-refractivity contribution in [1.29, 1.82) is 0 Å². The lowest BCUT2D eigenvalue weighted by Gasteiger charge is -2.37. The summed E-state index contributed by atoms with van der Waals surface area (Å²) in [6.45, 7) is 7.23. The second-order valence-electron chi connectivity index (χ2n) is 6.02. The number of hydrogen-bond acceptors (Lipinski definition) is 7. The predicted molar refractivity (Wildman–Crippen MR) is 90.1 cm³/mol. The highest BCUT2D eigenvalue weighted by molar-refractivity contribution is 5.87. The molecule has 1 aliphatic rings. The zero-order valence-electron chi connectivity index (χ0n) is 15.2. The fourth-order valence-electron chi connectivity index (χ4n) is 2.40. The summed E-state index contributed by atoms with van der Waals surface area (Å²) in [6, 6.07) is 3.44. The van der Waals surface area contributed by atoms with Gasteiger partial charge in [-0.05, 0) is 13.8 Å². The van der Waals surface area contributed by atoms with Gasteiger partial charge in [0, 0.05) is 17.7 Å². The highest BCUT2D eigenvalue weighted by Crippen LogP contribution is 2.42. The quantitative estimate of drug-likeness (QED) is 0.575. The molecule has 0 atom stereocenters. The first-order chi connectivity index (χ1) is 11.8. The number of ether oxygens (including phenoxy) is 6. The molecule has 138 valence electrons. The van der Waals surface area contributed by atoms with Crippen LogP contribution < -0.4 is 14.2 Å². The second-order valence-corrected chi connectivity index (χ2v) is 6.02. The summed E-state index contributed by atoms with van der Waals surface area (Å²) in [4.78, 5) is 11.8. The summed E-state index contributed by atoms with van der Waals surface area (Å²) < 4.78 is 33.0. The summed E-state index contributed by atoms with van der Waals surface area (Å²) in [5.74, 6) is 1.15. The van der Waals surface area contributed by atoms with E-state index in [-0.39, 0.29) is 13.2 Å². The van der Waals surface area contributed by atoms with Gasteiger partial charge in [0.15, 0.2) is 11.9 Å². The zero-order valence-corrected chi connectivity index (χ0v) is 15.2. The van der Waals surface area contributed by atoms with Gasteiger partial charge in [0.05, 0.1) is 40.1 Å². The lowest BCUT2D eigenvalue weighted by Crippen LogP contribution is -2.46. The van der Waals surface area contributed by atoms with Crippen LogP contribution in [0.1, 0.15) is 25.7 Å². The van der Waals surface area contributed by atoms with Crippen molar-refractivity contribution in [2.45, 2.75) is 25.7 Å². The molecule has 1 aromatic rings. The molecule has 0 unspecified atom stereocenters. The Bertz CT molecular complexity index is 620. The Hall–Kier alpha value is -2.25. The molecule has 0 spiro atoms. The van der Waals surface area contributed by atoms with E-state index in [1.165, 1.54) is 0 Å². The van der Waals surface area contributed by atoms with E-state index in [9.17, 15) is 4.79 Å². The van der Waals surface area contributed by atoms with E-state index < -0.39 is 17.9 Å². The SMILES string of the molecule is C=C(C)C(=O)OC1(C)COC(c2c(OC)cc(OC)cc2OC)OC1. The molecule has 7 heteroatoms. The Balaban J connectivity index is 2.20. The number of methoxy groups -OCH3 is 3. The van der Waals surface area contributed by atoms with Crippen LogP contribution in [0, 0.1) is 0 Å². The minimum absolute atomic E-state index is 0.162. The van der Waals surface area contributed by atoms with Gasteiger partial charge in [-0.2, -0.15) is 0 Å². The third kappa shape index (κ3) is 4.24. The number of esters is 1. The van der Waals surface area contributed by atoms with Gasteiger partial charge in [0.2, 0.25) is 0 Å². The summed E-state index contributed by atoms with van der Waals surface area (Å²) in [5.41, 5.74) is 0.0420. The highest BCUT2D eigenvalue weighted by Gasteiger charge is 2.39. The van der Waals surface area contributed by atoms with Gasteiger partial charge < -0.3 is 28.4 Å². The van der Waals surface area contributed by atoms with E-state index in [0.29, 0.717) is 28.4 Å². The highest BCUT2D eigenvalue weighted by atomic mass is 16.7. The van der Waals surface area contributed by atoms with E-state index in [4.69, 9.17) is 28.4 Å². The first-order valence-corrected chi connectivity index (χ1v) is 7.75. The zero-order chi connectivity index (χ0) is 18.6. The Labute approximate surface area is 147 Å². The summed E-state index contributed by atoms with van der Waals surface area (Å²) in [6.07, 6.45) is -0.715. The number of benzene rings is 1. The van der Waals surface area contributed by atoms with Crippen molar-refractivity contribution in [3.05, 3.63) is 29.8 Å². The Morgan fingerprint density at radius 3 is 2.04 bits per heavy atom. The average Bonchev–Trinajstić information content (AvgIpc) is 2.60. The van der Waals surface area contributed by atoms with Crippen molar-refractivity contribution < 1.29 is 33.2 Å². The third-order valence-electron chi connectivity index (χ3n) is 3.76. The van der Waals surface area contributed by atoms with E-state index in [1.54, 1.807) is 47.3 Å². The standard InChI is InChI=1S/C18H24O7/c1-11(2)16(19)25-18(3)9-23-17(24-10-18)15-13(21-5)7-12(20-4)8-14(15)22-6/h7-8,17H,1,9-10H2,2-6H3. The molecule has 0 saturated carbocycles. The van der Waals surface area contributed by atoms with E-state index in [0.717, 1.165) is 0 Å². The average molecular weight is 352 g/mol. The van der Waals surface area contributed by atoms with Crippen LogP contribution in [0.3, 0.4) is 0 Å².